The zero-order valence-electron chi connectivity index (χ0n) is 11.1. The van der Waals surface area contributed by atoms with Gasteiger partial charge in [-0.15, -0.1) is 0 Å². The SMILES string of the molecule is CC(=O)[C@H](CN[C@H]1CCOC1)c1ccc(C)cc1. The summed E-state index contributed by atoms with van der Waals surface area (Å²) in [5.74, 6) is 0.163. The number of ether oxygens (including phenoxy) is 1. The Morgan fingerprint density at radius 2 is 2.17 bits per heavy atom. The predicted octanol–water partition coefficient (Wildman–Crippen LogP) is 2.05. The third kappa shape index (κ3) is 3.40. The van der Waals surface area contributed by atoms with Crippen molar-refractivity contribution in [3.05, 3.63) is 35.4 Å². The summed E-state index contributed by atoms with van der Waals surface area (Å²) in [5.41, 5.74) is 2.32. The second-order valence-electron chi connectivity index (χ2n) is 5.04. The van der Waals surface area contributed by atoms with Crippen molar-refractivity contribution in [2.75, 3.05) is 19.8 Å². The molecule has 1 aromatic rings. The lowest BCUT2D eigenvalue weighted by Crippen LogP contribution is -2.34. The summed E-state index contributed by atoms with van der Waals surface area (Å²) in [6, 6.07) is 8.62. The highest BCUT2D eigenvalue weighted by Crippen LogP contribution is 2.17. The van der Waals surface area contributed by atoms with Gasteiger partial charge in [0.25, 0.3) is 0 Å². The van der Waals surface area contributed by atoms with Crippen molar-refractivity contribution in [1.82, 2.24) is 5.32 Å². The van der Waals surface area contributed by atoms with Crippen LogP contribution in [-0.2, 0) is 9.53 Å². The van der Waals surface area contributed by atoms with Crippen molar-refractivity contribution in [1.29, 1.82) is 0 Å². The fourth-order valence-corrected chi connectivity index (χ4v) is 2.28. The zero-order chi connectivity index (χ0) is 13.0. The van der Waals surface area contributed by atoms with Gasteiger partial charge >= 0.3 is 0 Å². The smallest absolute Gasteiger partial charge is 0.138 e. The minimum absolute atomic E-state index is 0.0498. The Kier molecular flexibility index (Phi) is 4.50. The largest absolute Gasteiger partial charge is 0.380 e. The highest BCUT2D eigenvalue weighted by Gasteiger charge is 2.20. The van der Waals surface area contributed by atoms with Gasteiger partial charge in [0.05, 0.1) is 12.5 Å². The van der Waals surface area contributed by atoms with Crippen molar-refractivity contribution in [2.45, 2.75) is 32.2 Å². The molecule has 0 aliphatic carbocycles. The molecule has 1 fully saturated rings. The van der Waals surface area contributed by atoms with E-state index in [9.17, 15) is 4.79 Å². The van der Waals surface area contributed by atoms with Gasteiger partial charge in [0.1, 0.15) is 5.78 Å². The lowest BCUT2D eigenvalue weighted by atomic mass is 9.94. The molecule has 3 nitrogen and oxygen atoms in total. The molecule has 18 heavy (non-hydrogen) atoms. The molecule has 0 unspecified atom stereocenters. The Morgan fingerprint density at radius 1 is 1.44 bits per heavy atom. The average Bonchev–Trinajstić information content (AvgIpc) is 2.84. The highest BCUT2D eigenvalue weighted by molar-refractivity contribution is 5.83. The maximum atomic E-state index is 11.8. The van der Waals surface area contributed by atoms with Crippen LogP contribution in [0.4, 0.5) is 0 Å². The Labute approximate surface area is 109 Å². The number of Topliss-reactive ketones (excluding diaryl/α,β-unsaturated/α-hetero) is 1. The number of carbonyl (C=O) groups is 1. The van der Waals surface area contributed by atoms with E-state index in [2.05, 4.69) is 24.4 Å². The zero-order valence-corrected chi connectivity index (χ0v) is 11.1. The van der Waals surface area contributed by atoms with E-state index >= 15 is 0 Å². The number of carbonyl (C=O) groups excluding carboxylic acids is 1. The second-order valence-corrected chi connectivity index (χ2v) is 5.04. The molecule has 0 aromatic heterocycles. The monoisotopic (exact) mass is 247 g/mol. The summed E-state index contributed by atoms with van der Waals surface area (Å²) < 4.78 is 5.32. The van der Waals surface area contributed by atoms with E-state index in [-0.39, 0.29) is 11.7 Å². The van der Waals surface area contributed by atoms with E-state index in [4.69, 9.17) is 4.74 Å². The normalized spacial score (nSPS) is 20.9. The molecule has 0 saturated carbocycles. The lowest BCUT2D eigenvalue weighted by Gasteiger charge is -2.18. The molecule has 0 bridgehead atoms. The first-order valence-electron chi connectivity index (χ1n) is 6.55. The van der Waals surface area contributed by atoms with Gasteiger partial charge in [-0.05, 0) is 25.8 Å². The number of benzene rings is 1. The van der Waals surface area contributed by atoms with Crippen molar-refractivity contribution in [3.63, 3.8) is 0 Å². The molecule has 0 amide bonds. The number of ketones is 1. The van der Waals surface area contributed by atoms with E-state index in [0.717, 1.165) is 25.2 Å². The number of hydrogen-bond donors (Lipinski definition) is 1. The summed E-state index contributed by atoms with van der Waals surface area (Å²) in [6.07, 6.45) is 1.04. The van der Waals surface area contributed by atoms with Gasteiger partial charge in [-0.25, -0.2) is 0 Å². The summed E-state index contributed by atoms with van der Waals surface area (Å²) in [4.78, 5) is 11.8. The van der Waals surface area contributed by atoms with Crippen LogP contribution in [0.5, 0.6) is 0 Å². The summed E-state index contributed by atoms with van der Waals surface area (Å²) in [7, 11) is 0. The van der Waals surface area contributed by atoms with Crippen molar-refractivity contribution in [2.24, 2.45) is 0 Å². The Hall–Kier alpha value is -1.19. The molecule has 0 radical (unpaired) electrons. The molecule has 3 heteroatoms. The summed E-state index contributed by atoms with van der Waals surface area (Å²) in [5, 5.41) is 3.43. The Bertz CT molecular complexity index is 393. The number of hydrogen-bond acceptors (Lipinski definition) is 3. The second kappa shape index (κ2) is 6.12. The van der Waals surface area contributed by atoms with Crippen LogP contribution < -0.4 is 5.32 Å². The maximum Gasteiger partial charge on any atom is 0.138 e. The van der Waals surface area contributed by atoms with Crippen molar-refractivity contribution in [3.8, 4) is 0 Å². The first kappa shape index (κ1) is 13.2. The molecule has 1 saturated heterocycles. The van der Waals surface area contributed by atoms with Crippen LogP contribution in [-0.4, -0.2) is 31.6 Å². The van der Waals surface area contributed by atoms with E-state index in [0.29, 0.717) is 12.6 Å². The molecular weight excluding hydrogens is 226 g/mol. The van der Waals surface area contributed by atoms with E-state index in [1.54, 1.807) is 6.92 Å². The third-order valence-electron chi connectivity index (χ3n) is 3.51. The number of aryl methyl sites for hydroxylation is 1. The van der Waals surface area contributed by atoms with Crippen LogP contribution in [0.15, 0.2) is 24.3 Å². The van der Waals surface area contributed by atoms with Gasteiger partial charge < -0.3 is 10.1 Å². The lowest BCUT2D eigenvalue weighted by molar-refractivity contribution is -0.118. The molecule has 1 N–H and O–H groups in total. The molecule has 1 aliphatic rings. The molecule has 2 rings (SSSR count). The standard InChI is InChI=1S/C15H21NO2/c1-11-3-5-13(6-4-11)15(12(2)17)9-16-14-7-8-18-10-14/h3-6,14-16H,7-10H2,1-2H3/t14-,15-/m0/s1. The minimum Gasteiger partial charge on any atom is -0.380 e. The van der Waals surface area contributed by atoms with Crippen LogP contribution in [0.2, 0.25) is 0 Å². The van der Waals surface area contributed by atoms with Gasteiger partial charge in [-0.1, -0.05) is 29.8 Å². The predicted molar refractivity (Wildman–Crippen MR) is 71.8 cm³/mol. The number of rotatable bonds is 5. The first-order chi connectivity index (χ1) is 8.66. The highest BCUT2D eigenvalue weighted by atomic mass is 16.5. The fraction of sp³-hybridized carbons (Fsp3) is 0.533. The maximum absolute atomic E-state index is 11.8. The fourth-order valence-electron chi connectivity index (χ4n) is 2.28. The Balaban J connectivity index is 1.99. The Morgan fingerprint density at radius 3 is 2.72 bits per heavy atom. The van der Waals surface area contributed by atoms with Crippen LogP contribution >= 0.6 is 0 Å². The quantitative estimate of drug-likeness (QED) is 0.865. The molecule has 1 aromatic carbocycles. The average molecular weight is 247 g/mol. The van der Waals surface area contributed by atoms with E-state index < -0.39 is 0 Å². The summed E-state index contributed by atoms with van der Waals surface area (Å²) in [6.45, 7) is 6.01. The first-order valence-corrected chi connectivity index (χ1v) is 6.55. The topological polar surface area (TPSA) is 38.3 Å². The van der Waals surface area contributed by atoms with Crippen LogP contribution in [0.1, 0.15) is 30.4 Å². The van der Waals surface area contributed by atoms with Crippen LogP contribution in [0.25, 0.3) is 0 Å². The molecule has 0 spiro atoms. The molecular formula is C15H21NO2. The van der Waals surface area contributed by atoms with Crippen molar-refractivity contribution < 1.29 is 9.53 Å². The summed E-state index contributed by atoms with van der Waals surface area (Å²) >= 11 is 0. The van der Waals surface area contributed by atoms with E-state index in [1.807, 2.05) is 12.1 Å². The minimum atomic E-state index is -0.0498. The van der Waals surface area contributed by atoms with Crippen LogP contribution in [0.3, 0.4) is 0 Å². The van der Waals surface area contributed by atoms with Gasteiger partial charge in [-0.3, -0.25) is 4.79 Å². The molecule has 1 aliphatic heterocycles. The third-order valence-corrected chi connectivity index (χ3v) is 3.51. The van der Waals surface area contributed by atoms with Gasteiger partial charge in [0.15, 0.2) is 0 Å². The van der Waals surface area contributed by atoms with Crippen LogP contribution in [0, 0.1) is 6.92 Å². The molecule has 2 atom stereocenters. The van der Waals surface area contributed by atoms with E-state index in [1.165, 1.54) is 5.56 Å². The number of nitrogens with one attached hydrogen (secondary N) is 1. The van der Waals surface area contributed by atoms with Crippen molar-refractivity contribution >= 4 is 5.78 Å². The van der Waals surface area contributed by atoms with Gasteiger partial charge in [0, 0.05) is 19.2 Å². The molecule has 1 heterocycles. The van der Waals surface area contributed by atoms with Gasteiger partial charge in [-0.2, -0.15) is 0 Å². The molecule has 98 valence electrons. The van der Waals surface area contributed by atoms with Gasteiger partial charge in [0.2, 0.25) is 0 Å².